The third-order valence-electron chi connectivity index (χ3n) is 3.02. The fourth-order valence-electron chi connectivity index (χ4n) is 2.01. The first-order valence-corrected chi connectivity index (χ1v) is 7.01. The SMILES string of the molecule is CCc1nc(CC)n(-c2ccc(CCN)cc2Cl)n1. The summed E-state index contributed by atoms with van der Waals surface area (Å²) < 4.78 is 1.84. The summed E-state index contributed by atoms with van der Waals surface area (Å²) in [7, 11) is 0. The van der Waals surface area contributed by atoms with Gasteiger partial charge in [0, 0.05) is 12.8 Å². The first-order chi connectivity index (χ1) is 9.19. The Bertz CT molecular complexity index is 563. The van der Waals surface area contributed by atoms with Crippen LogP contribution in [0.25, 0.3) is 5.69 Å². The van der Waals surface area contributed by atoms with Crippen LogP contribution in [0.5, 0.6) is 0 Å². The highest BCUT2D eigenvalue weighted by atomic mass is 35.5. The van der Waals surface area contributed by atoms with Gasteiger partial charge in [-0.1, -0.05) is 31.5 Å². The van der Waals surface area contributed by atoms with Crippen LogP contribution in [0, 0.1) is 0 Å². The molecule has 0 saturated heterocycles. The first-order valence-electron chi connectivity index (χ1n) is 6.63. The Kier molecular flexibility index (Phi) is 4.56. The summed E-state index contributed by atoms with van der Waals surface area (Å²) in [5.74, 6) is 1.78. The molecular formula is C14H19ClN4. The van der Waals surface area contributed by atoms with Gasteiger partial charge < -0.3 is 5.73 Å². The highest BCUT2D eigenvalue weighted by Gasteiger charge is 2.12. The Morgan fingerprint density at radius 1 is 1.26 bits per heavy atom. The number of aryl methyl sites for hydroxylation is 2. The molecule has 2 rings (SSSR count). The van der Waals surface area contributed by atoms with Gasteiger partial charge in [0.25, 0.3) is 0 Å². The van der Waals surface area contributed by atoms with Crippen LogP contribution in [0.2, 0.25) is 5.02 Å². The summed E-state index contributed by atoms with van der Waals surface area (Å²) in [5.41, 5.74) is 7.58. The summed E-state index contributed by atoms with van der Waals surface area (Å²) in [6.45, 7) is 4.74. The molecule has 0 amide bonds. The average molecular weight is 279 g/mol. The molecule has 0 unspecified atom stereocenters. The van der Waals surface area contributed by atoms with E-state index in [-0.39, 0.29) is 0 Å². The number of aromatic nitrogens is 3. The van der Waals surface area contributed by atoms with E-state index in [9.17, 15) is 0 Å². The lowest BCUT2D eigenvalue weighted by molar-refractivity contribution is 0.790. The Morgan fingerprint density at radius 3 is 2.63 bits per heavy atom. The molecule has 1 aromatic carbocycles. The molecule has 1 aromatic heterocycles. The monoisotopic (exact) mass is 278 g/mol. The maximum absolute atomic E-state index is 6.35. The predicted molar refractivity (Wildman–Crippen MR) is 77.9 cm³/mol. The third-order valence-corrected chi connectivity index (χ3v) is 3.33. The van der Waals surface area contributed by atoms with Crippen molar-refractivity contribution in [3.8, 4) is 5.69 Å². The van der Waals surface area contributed by atoms with Crippen molar-refractivity contribution in [2.75, 3.05) is 6.54 Å². The van der Waals surface area contributed by atoms with Crippen molar-refractivity contribution < 1.29 is 0 Å². The molecule has 0 aliphatic heterocycles. The number of nitrogens with two attached hydrogens (primary N) is 1. The van der Waals surface area contributed by atoms with Gasteiger partial charge in [-0.2, -0.15) is 5.10 Å². The minimum Gasteiger partial charge on any atom is -0.330 e. The van der Waals surface area contributed by atoms with Gasteiger partial charge in [-0.3, -0.25) is 0 Å². The quantitative estimate of drug-likeness (QED) is 0.914. The maximum atomic E-state index is 6.35. The second-order valence-corrected chi connectivity index (χ2v) is 4.79. The van der Waals surface area contributed by atoms with Gasteiger partial charge >= 0.3 is 0 Å². The second kappa shape index (κ2) is 6.17. The summed E-state index contributed by atoms with van der Waals surface area (Å²) >= 11 is 6.35. The number of benzene rings is 1. The van der Waals surface area contributed by atoms with Gasteiger partial charge in [0.15, 0.2) is 5.82 Å². The van der Waals surface area contributed by atoms with E-state index in [0.717, 1.165) is 42.2 Å². The number of hydrogen-bond acceptors (Lipinski definition) is 3. The molecule has 2 aromatic rings. The largest absolute Gasteiger partial charge is 0.330 e. The zero-order chi connectivity index (χ0) is 13.8. The molecule has 1 heterocycles. The number of nitrogens with zero attached hydrogens (tertiary/aromatic N) is 3. The highest BCUT2D eigenvalue weighted by Crippen LogP contribution is 2.23. The van der Waals surface area contributed by atoms with E-state index in [1.54, 1.807) is 0 Å². The number of hydrogen-bond donors (Lipinski definition) is 1. The summed E-state index contributed by atoms with van der Waals surface area (Å²) in [6, 6.07) is 5.98. The van der Waals surface area contributed by atoms with Gasteiger partial charge in [-0.15, -0.1) is 0 Å². The molecule has 0 aliphatic rings. The average Bonchev–Trinajstić information content (AvgIpc) is 2.82. The lowest BCUT2D eigenvalue weighted by Gasteiger charge is -2.08. The molecule has 0 saturated carbocycles. The zero-order valence-corrected chi connectivity index (χ0v) is 12.1. The van der Waals surface area contributed by atoms with Gasteiger partial charge in [0.05, 0.1) is 10.7 Å². The van der Waals surface area contributed by atoms with Crippen molar-refractivity contribution in [3.63, 3.8) is 0 Å². The molecule has 0 atom stereocenters. The molecule has 0 aliphatic carbocycles. The highest BCUT2D eigenvalue weighted by molar-refractivity contribution is 6.32. The van der Waals surface area contributed by atoms with Crippen molar-refractivity contribution in [3.05, 3.63) is 40.4 Å². The smallest absolute Gasteiger partial charge is 0.151 e. The fraction of sp³-hybridized carbons (Fsp3) is 0.429. The van der Waals surface area contributed by atoms with Crippen LogP contribution < -0.4 is 5.73 Å². The van der Waals surface area contributed by atoms with Gasteiger partial charge in [-0.05, 0) is 30.7 Å². The van der Waals surface area contributed by atoms with Gasteiger partial charge in [0.2, 0.25) is 0 Å². The van der Waals surface area contributed by atoms with Crippen LogP contribution in [0.15, 0.2) is 18.2 Å². The molecular weight excluding hydrogens is 260 g/mol. The summed E-state index contributed by atoms with van der Waals surface area (Å²) in [4.78, 5) is 4.50. The normalized spacial score (nSPS) is 10.9. The maximum Gasteiger partial charge on any atom is 0.151 e. The van der Waals surface area contributed by atoms with E-state index in [4.69, 9.17) is 17.3 Å². The zero-order valence-electron chi connectivity index (χ0n) is 11.4. The van der Waals surface area contributed by atoms with Crippen molar-refractivity contribution in [1.29, 1.82) is 0 Å². The van der Waals surface area contributed by atoms with Crippen molar-refractivity contribution in [2.24, 2.45) is 5.73 Å². The fourth-order valence-corrected chi connectivity index (χ4v) is 2.29. The molecule has 4 nitrogen and oxygen atoms in total. The van der Waals surface area contributed by atoms with Crippen LogP contribution in [0.1, 0.15) is 31.1 Å². The van der Waals surface area contributed by atoms with E-state index in [2.05, 4.69) is 17.0 Å². The van der Waals surface area contributed by atoms with Crippen molar-refractivity contribution in [1.82, 2.24) is 14.8 Å². The Labute approximate surface area is 118 Å². The molecule has 102 valence electrons. The second-order valence-electron chi connectivity index (χ2n) is 4.39. The van der Waals surface area contributed by atoms with Crippen LogP contribution in [-0.4, -0.2) is 21.3 Å². The first kappa shape index (κ1) is 14.0. The van der Waals surface area contributed by atoms with Crippen LogP contribution in [0.4, 0.5) is 0 Å². The standard InChI is InChI=1S/C14H19ClN4/c1-3-13-17-14(4-2)19(18-13)12-6-5-10(7-8-16)9-11(12)15/h5-6,9H,3-4,7-8,16H2,1-2H3. The van der Waals surface area contributed by atoms with E-state index >= 15 is 0 Å². The molecule has 19 heavy (non-hydrogen) atoms. The Morgan fingerprint density at radius 2 is 2.05 bits per heavy atom. The summed E-state index contributed by atoms with van der Waals surface area (Å²) in [5, 5.41) is 5.19. The van der Waals surface area contributed by atoms with Crippen LogP contribution >= 0.6 is 11.6 Å². The lowest BCUT2D eigenvalue weighted by Crippen LogP contribution is -2.05. The van der Waals surface area contributed by atoms with E-state index in [1.807, 2.05) is 29.8 Å². The van der Waals surface area contributed by atoms with Crippen molar-refractivity contribution in [2.45, 2.75) is 33.1 Å². The van der Waals surface area contributed by atoms with Crippen molar-refractivity contribution >= 4 is 11.6 Å². The number of halogens is 1. The Hall–Kier alpha value is -1.39. The molecule has 2 N–H and O–H groups in total. The third kappa shape index (κ3) is 2.96. The molecule has 0 radical (unpaired) electrons. The minimum absolute atomic E-state index is 0.624. The minimum atomic E-state index is 0.624. The van der Waals surface area contributed by atoms with Crippen LogP contribution in [-0.2, 0) is 19.3 Å². The van der Waals surface area contributed by atoms with E-state index in [0.29, 0.717) is 11.6 Å². The lowest BCUT2D eigenvalue weighted by atomic mass is 10.1. The summed E-state index contributed by atoms with van der Waals surface area (Å²) in [6.07, 6.45) is 2.48. The van der Waals surface area contributed by atoms with E-state index in [1.165, 1.54) is 0 Å². The Balaban J connectivity index is 2.43. The molecule has 0 bridgehead atoms. The van der Waals surface area contributed by atoms with Crippen LogP contribution in [0.3, 0.4) is 0 Å². The molecule has 0 spiro atoms. The predicted octanol–water partition coefficient (Wildman–Crippen LogP) is 2.55. The topological polar surface area (TPSA) is 56.7 Å². The molecule has 0 fully saturated rings. The molecule has 5 heteroatoms. The van der Waals surface area contributed by atoms with Gasteiger partial charge in [-0.25, -0.2) is 9.67 Å². The van der Waals surface area contributed by atoms with E-state index < -0.39 is 0 Å². The number of rotatable bonds is 5. The van der Waals surface area contributed by atoms with Gasteiger partial charge in [0.1, 0.15) is 5.82 Å².